The summed E-state index contributed by atoms with van der Waals surface area (Å²) in [7, 11) is 0. The molecule has 0 aromatic heterocycles. The van der Waals surface area contributed by atoms with Gasteiger partial charge in [0, 0.05) is 19.7 Å². The van der Waals surface area contributed by atoms with Crippen molar-refractivity contribution in [1.82, 2.24) is 4.90 Å². The Balaban J connectivity index is 1.76. The highest BCUT2D eigenvalue weighted by Gasteiger charge is 2.28. The highest BCUT2D eigenvalue weighted by Crippen LogP contribution is 2.19. The fourth-order valence-corrected chi connectivity index (χ4v) is 2.81. The number of hydrogen-bond acceptors (Lipinski definition) is 2. The highest BCUT2D eigenvalue weighted by molar-refractivity contribution is 5.79. The van der Waals surface area contributed by atoms with Crippen LogP contribution in [0, 0.1) is 5.92 Å². The molecule has 1 aliphatic rings. The third-order valence-corrected chi connectivity index (χ3v) is 4.02. The molecule has 1 unspecified atom stereocenters. The van der Waals surface area contributed by atoms with Crippen molar-refractivity contribution in [3.05, 3.63) is 71.8 Å². The quantitative estimate of drug-likeness (QED) is 0.847. The van der Waals surface area contributed by atoms with Gasteiger partial charge in [-0.2, -0.15) is 0 Å². The van der Waals surface area contributed by atoms with Crippen LogP contribution in [-0.2, 0) is 22.6 Å². The van der Waals surface area contributed by atoms with Crippen LogP contribution >= 0.6 is 0 Å². The van der Waals surface area contributed by atoms with Gasteiger partial charge in [-0.25, -0.2) is 0 Å². The molecule has 1 saturated heterocycles. The Labute approximate surface area is 131 Å². The summed E-state index contributed by atoms with van der Waals surface area (Å²) in [6.45, 7) is 2.54. The van der Waals surface area contributed by atoms with Crippen molar-refractivity contribution in [3.63, 3.8) is 0 Å². The first-order chi connectivity index (χ1) is 10.8. The van der Waals surface area contributed by atoms with E-state index in [4.69, 9.17) is 4.74 Å². The van der Waals surface area contributed by atoms with Gasteiger partial charge in [-0.1, -0.05) is 60.7 Å². The van der Waals surface area contributed by atoms with E-state index < -0.39 is 0 Å². The predicted molar refractivity (Wildman–Crippen MR) is 86.1 cm³/mol. The maximum Gasteiger partial charge on any atom is 0.228 e. The minimum atomic E-state index is 0.00687. The molecule has 0 spiro atoms. The van der Waals surface area contributed by atoms with E-state index in [2.05, 4.69) is 24.3 Å². The molecule has 3 nitrogen and oxygen atoms in total. The molecular formula is C19H21NO2. The van der Waals surface area contributed by atoms with Crippen molar-refractivity contribution >= 4 is 5.91 Å². The topological polar surface area (TPSA) is 29.5 Å². The summed E-state index contributed by atoms with van der Waals surface area (Å²) in [5.74, 6) is 0.206. The van der Waals surface area contributed by atoms with E-state index in [0.29, 0.717) is 26.3 Å². The van der Waals surface area contributed by atoms with E-state index in [9.17, 15) is 4.79 Å². The molecule has 0 N–H and O–H groups in total. The Morgan fingerprint density at radius 3 is 1.95 bits per heavy atom. The van der Waals surface area contributed by atoms with Gasteiger partial charge in [0.05, 0.1) is 12.5 Å². The van der Waals surface area contributed by atoms with Crippen molar-refractivity contribution in [3.8, 4) is 0 Å². The molecule has 2 aromatic carbocycles. The van der Waals surface area contributed by atoms with Gasteiger partial charge in [0.25, 0.3) is 0 Å². The number of carbonyl (C=O) groups excluding carboxylic acids is 1. The molecule has 0 bridgehead atoms. The van der Waals surface area contributed by atoms with Crippen LogP contribution in [0.15, 0.2) is 60.7 Å². The third-order valence-electron chi connectivity index (χ3n) is 4.02. The Bertz CT molecular complexity index is 550. The number of ether oxygens (including phenoxy) is 1. The Kier molecular flexibility index (Phi) is 4.86. The number of carbonyl (C=O) groups is 1. The number of hydrogen-bond donors (Lipinski definition) is 0. The summed E-state index contributed by atoms with van der Waals surface area (Å²) in [5, 5.41) is 0. The van der Waals surface area contributed by atoms with Gasteiger partial charge >= 0.3 is 0 Å². The normalized spacial score (nSPS) is 17.4. The average Bonchev–Trinajstić information content (AvgIpc) is 3.10. The lowest BCUT2D eigenvalue weighted by Gasteiger charge is -2.25. The summed E-state index contributed by atoms with van der Waals surface area (Å²) < 4.78 is 5.38. The standard InChI is InChI=1S/C19H21NO2/c21-19(18-11-12-22-15-18)20(13-16-7-3-1-4-8-16)14-17-9-5-2-6-10-17/h1-10,18H,11-15H2. The smallest absolute Gasteiger partial charge is 0.228 e. The van der Waals surface area contributed by atoms with Crippen molar-refractivity contribution < 1.29 is 9.53 Å². The minimum Gasteiger partial charge on any atom is -0.381 e. The van der Waals surface area contributed by atoms with Crippen LogP contribution in [-0.4, -0.2) is 24.0 Å². The van der Waals surface area contributed by atoms with Gasteiger partial charge in [-0.05, 0) is 17.5 Å². The van der Waals surface area contributed by atoms with E-state index in [0.717, 1.165) is 17.5 Å². The largest absolute Gasteiger partial charge is 0.381 e. The van der Waals surface area contributed by atoms with Gasteiger partial charge in [0.15, 0.2) is 0 Å². The summed E-state index contributed by atoms with van der Waals surface area (Å²) in [6, 6.07) is 20.3. The van der Waals surface area contributed by atoms with Crippen LogP contribution in [0.25, 0.3) is 0 Å². The second-order valence-corrected chi connectivity index (χ2v) is 5.73. The Morgan fingerprint density at radius 2 is 1.50 bits per heavy atom. The highest BCUT2D eigenvalue weighted by atomic mass is 16.5. The fourth-order valence-electron chi connectivity index (χ4n) is 2.81. The lowest BCUT2D eigenvalue weighted by atomic mass is 10.1. The lowest BCUT2D eigenvalue weighted by molar-refractivity contribution is -0.136. The zero-order chi connectivity index (χ0) is 15.2. The van der Waals surface area contributed by atoms with Gasteiger partial charge in [-0.3, -0.25) is 4.79 Å². The molecule has 1 atom stereocenters. The maximum atomic E-state index is 12.8. The van der Waals surface area contributed by atoms with Crippen molar-refractivity contribution in [1.29, 1.82) is 0 Å². The molecule has 1 heterocycles. The van der Waals surface area contributed by atoms with Gasteiger partial charge < -0.3 is 9.64 Å². The summed E-state index contributed by atoms with van der Waals surface area (Å²) in [6.07, 6.45) is 0.832. The van der Waals surface area contributed by atoms with Crippen molar-refractivity contribution in [2.24, 2.45) is 5.92 Å². The van der Waals surface area contributed by atoms with E-state index in [1.807, 2.05) is 41.3 Å². The molecule has 1 amide bonds. The van der Waals surface area contributed by atoms with Crippen LogP contribution in [0.4, 0.5) is 0 Å². The second kappa shape index (κ2) is 7.23. The SMILES string of the molecule is O=C(C1CCOC1)N(Cc1ccccc1)Cc1ccccc1. The molecular weight excluding hydrogens is 274 g/mol. The molecule has 114 valence electrons. The molecule has 1 fully saturated rings. The van der Waals surface area contributed by atoms with Crippen LogP contribution in [0.3, 0.4) is 0 Å². The molecule has 1 aliphatic heterocycles. The van der Waals surface area contributed by atoms with Crippen molar-refractivity contribution in [2.75, 3.05) is 13.2 Å². The van der Waals surface area contributed by atoms with Crippen LogP contribution < -0.4 is 0 Å². The van der Waals surface area contributed by atoms with Crippen LogP contribution in [0.2, 0.25) is 0 Å². The molecule has 3 rings (SSSR count). The van der Waals surface area contributed by atoms with Gasteiger partial charge in [0.1, 0.15) is 0 Å². The van der Waals surface area contributed by atoms with Crippen LogP contribution in [0.5, 0.6) is 0 Å². The molecule has 22 heavy (non-hydrogen) atoms. The zero-order valence-corrected chi connectivity index (χ0v) is 12.7. The molecule has 0 radical (unpaired) electrons. The first-order valence-corrected chi connectivity index (χ1v) is 7.77. The first-order valence-electron chi connectivity index (χ1n) is 7.77. The molecule has 2 aromatic rings. The summed E-state index contributed by atoms with van der Waals surface area (Å²) >= 11 is 0. The third kappa shape index (κ3) is 3.74. The molecule has 0 aliphatic carbocycles. The van der Waals surface area contributed by atoms with Crippen molar-refractivity contribution in [2.45, 2.75) is 19.5 Å². The first kappa shape index (κ1) is 14.8. The monoisotopic (exact) mass is 295 g/mol. The van der Waals surface area contributed by atoms with E-state index in [1.165, 1.54) is 0 Å². The second-order valence-electron chi connectivity index (χ2n) is 5.73. The molecule has 0 saturated carbocycles. The van der Waals surface area contributed by atoms with Gasteiger partial charge in [-0.15, -0.1) is 0 Å². The summed E-state index contributed by atoms with van der Waals surface area (Å²) in [4.78, 5) is 14.7. The predicted octanol–water partition coefficient (Wildman–Crippen LogP) is 3.25. The number of rotatable bonds is 5. The Hall–Kier alpha value is -2.13. The Morgan fingerprint density at radius 1 is 0.955 bits per heavy atom. The zero-order valence-electron chi connectivity index (χ0n) is 12.7. The van der Waals surface area contributed by atoms with E-state index in [-0.39, 0.29) is 11.8 Å². The van der Waals surface area contributed by atoms with Crippen LogP contribution in [0.1, 0.15) is 17.5 Å². The van der Waals surface area contributed by atoms with E-state index >= 15 is 0 Å². The van der Waals surface area contributed by atoms with Gasteiger partial charge in [0.2, 0.25) is 5.91 Å². The average molecular weight is 295 g/mol. The van der Waals surface area contributed by atoms with E-state index in [1.54, 1.807) is 0 Å². The lowest BCUT2D eigenvalue weighted by Crippen LogP contribution is -2.35. The minimum absolute atomic E-state index is 0.00687. The number of benzene rings is 2. The number of nitrogens with zero attached hydrogens (tertiary/aromatic N) is 1. The number of amides is 1. The fraction of sp³-hybridized carbons (Fsp3) is 0.316. The summed E-state index contributed by atoms with van der Waals surface area (Å²) in [5.41, 5.74) is 2.32. The molecule has 3 heteroatoms. The maximum absolute atomic E-state index is 12.8.